The van der Waals surface area contributed by atoms with Gasteiger partial charge in [0.2, 0.25) is 11.8 Å². The summed E-state index contributed by atoms with van der Waals surface area (Å²) in [5, 5.41) is 2.76. The van der Waals surface area contributed by atoms with Gasteiger partial charge >= 0.3 is 0 Å². The first-order chi connectivity index (χ1) is 12.7. The fourth-order valence-electron chi connectivity index (χ4n) is 3.93. The van der Waals surface area contributed by atoms with Gasteiger partial charge in [0, 0.05) is 32.7 Å². The van der Waals surface area contributed by atoms with E-state index in [1.165, 1.54) is 17.2 Å². The number of carbonyl (C=O) groups excluding carboxylic acids is 2. The van der Waals surface area contributed by atoms with E-state index >= 15 is 0 Å². The number of amides is 2. The predicted molar refractivity (Wildman–Crippen MR) is 101 cm³/mol. The monoisotopic (exact) mass is 356 g/mol. The lowest BCUT2D eigenvalue weighted by atomic mass is 9.96. The first-order valence-corrected chi connectivity index (χ1v) is 9.55. The van der Waals surface area contributed by atoms with Gasteiger partial charge in [-0.3, -0.25) is 9.59 Å². The lowest BCUT2D eigenvalue weighted by Gasteiger charge is -2.24. The van der Waals surface area contributed by atoms with Gasteiger partial charge in [0.05, 0.1) is 6.10 Å². The largest absolute Gasteiger partial charge is 0.374 e. The van der Waals surface area contributed by atoms with Crippen LogP contribution in [0.3, 0.4) is 0 Å². The Morgan fingerprint density at radius 1 is 1.35 bits per heavy atom. The van der Waals surface area contributed by atoms with Crippen LogP contribution in [0, 0.1) is 0 Å². The molecule has 2 unspecified atom stereocenters. The quantitative estimate of drug-likeness (QED) is 0.797. The van der Waals surface area contributed by atoms with Crippen molar-refractivity contribution in [3.05, 3.63) is 48.0 Å². The number of fused-ring (bicyclic) bond motifs is 1. The van der Waals surface area contributed by atoms with Gasteiger partial charge in [-0.2, -0.15) is 0 Å². The molecular weight excluding hydrogens is 328 g/mol. The highest BCUT2D eigenvalue weighted by molar-refractivity contribution is 5.86. The fraction of sp³-hybridized carbons (Fsp3) is 0.524. The van der Waals surface area contributed by atoms with Crippen LogP contribution in [0.25, 0.3) is 0 Å². The molecule has 2 aliphatic rings. The van der Waals surface area contributed by atoms with Crippen molar-refractivity contribution in [1.29, 1.82) is 0 Å². The van der Waals surface area contributed by atoms with E-state index in [-0.39, 0.29) is 17.9 Å². The van der Waals surface area contributed by atoms with E-state index in [0.29, 0.717) is 32.0 Å². The fourth-order valence-corrected chi connectivity index (χ4v) is 3.93. The summed E-state index contributed by atoms with van der Waals surface area (Å²) in [5.41, 5.74) is 2.86. The summed E-state index contributed by atoms with van der Waals surface area (Å²) in [6.07, 6.45) is 5.68. The Morgan fingerprint density at radius 3 is 3.04 bits per heavy atom. The van der Waals surface area contributed by atoms with Gasteiger partial charge < -0.3 is 15.0 Å². The van der Waals surface area contributed by atoms with Crippen molar-refractivity contribution < 1.29 is 14.3 Å². The summed E-state index contributed by atoms with van der Waals surface area (Å²) >= 11 is 0. The molecule has 2 atom stereocenters. The smallest absolute Gasteiger partial charge is 0.243 e. The van der Waals surface area contributed by atoms with Crippen molar-refractivity contribution in [3.8, 4) is 0 Å². The van der Waals surface area contributed by atoms with E-state index in [9.17, 15) is 9.59 Å². The molecule has 0 radical (unpaired) electrons. The number of hydrogen-bond donors (Lipinski definition) is 1. The Morgan fingerprint density at radius 2 is 2.19 bits per heavy atom. The third-order valence-corrected chi connectivity index (χ3v) is 5.36. The van der Waals surface area contributed by atoms with Gasteiger partial charge in [-0.25, -0.2) is 0 Å². The maximum absolute atomic E-state index is 12.7. The molecule has 0 saturated carbocycles. The highest BCUT2D eigenvalue weighted by atomic mass is 16.5. The number of aryl methyl sites for hydroxylation is 1. The third kappa shape index (κ3) is 4.73. The van der Waals surface area contributed by atoms with Crippen molar-refractivity contribution in [1.82, 2.24) is 10.2 Å². The number of carbonyl (C=O) groups is 2. The van der Waals surface area contributed by atoms with Crippen molar-refractivity contribution in [2.24, 2.45) is 0 Å². The molecule has 1 aliphatic carbocycles. The zero-order chi connectivity index (χ0) is 18.4. The molecule has 0 spiro atoms. The molecule has 5 heteroatoms. The summed E-state index contributed by atoms with van der Waals surface area (Å²) in [7, 11) is 0. The van der Waals surface area contributed by atoms with Crippen molar-refractivity contribution >= 4 is 11.8 Å². The van der Waals surface area contributed by atoms with Gasteiger partial charge in [0.25, 0.3) is 0 Å². The van der Waals surface area contributed by atoms with E-state index in [2.05, 4.69) is 36.2 Å². The van der Waals surface area contributed by atoms with Crippen LogP contribution in [0.15, 0.2) is 36.9 Å². The molecular formula is C21H28N2O3. The average molecular weight is 356 g/mol. The molecule has 140 valence electrons. The minimum absolute atomic E-state index is 0.155. The Bertz CT molecular complexity index is 658. The second-order valence-electron chi connectivity index (χ2n) is 7.11. The maximum Gasteiger partial charge on any atom is 0.243 e. The van der Waals surface area contributed by atoms with Gasteiger partial charge in [-0.15, -0.1) is 0 Å². The van der Waals surface area contributed by atoms with E-state index < -0.39 is 0 Å². The summed E-state index contributed by atoms with van der Waals surface area (Å²) in [6.45, 7) is 5.74. The average Bonchev–Trinajstić information content (AvgIpc) is 2.92. The first kappa shape index (κ1) is 18.6. The minimum Gasteiger partial charge on any atom is -0.374 e. The van der Waals surface area contributed by atoms with Crippen LogP contribution in [-0.4, -0.2) is 49.1 Å². The Balaban J connectivity index is 1.50. The zero-order valence-electron chi connectivity index (χ0n) is 15.3. The normalized spacial score (nSPS) is 22.4. The molecule has 1 saturated heterocycles. The zero-order valence-corrected chi connectivity index (χ0v) is 15.3. The second kappa shape index (κ2) is 8.99. The lowest BCUT2D eigenvalue weighted by Crippen LogP contribution is -2.42. The van der Waals surface area contributed by atoms with Crippen molar-refractivity contribution in [3.63, 3.8) is 0 Å². The van der Waals surface area contributed by atoms with Crippen molar-refractivity contribution in [2.45, 2.75) is 44.1 Å². The van der Waals surface area contributed by atoms with Gasteiger partial charge in [-0.05, 0) is 48.8 Å². The van der Waals surface area contributed by atoms with Crippen LogP contribution in [0.5, 0.6) is 0 Å². The maximum atomic E-state index is 12.7. The molecule has 1 aliphatic heterocycles. The van der Waals surface area contributed by atoms with Gasteiger partial charge in [-0.1, -0.05) is 30.8 Å². The minimum atomic E-state index is -0.212. The number of rotatable bonds is 6. The Hall–Kier alpha value is -2.14. The van der Waals surface area contributed by atoms with Crippen LogP contribution in [0.1, 0.15) is 42.7 Å². The molecule has 3 rings (SSSR count). The number of nitrogens with zero attached hydrogens (tertiary/aromatic N) is 1. The predicted octanol–water partition coefficient (Wildman–Crippen LogP) is 2.42. The molecule has 26 heavy (non-hydrogen) atoms. The Kier molecular flexibility index (Phi) is 6.45. The summed E-state index contributed by atoms with van der Waals surface area (Å²) in [5.74, 6) is 0.483. The molecule has 0 bridgehead atoms. The molecule has 0 aromatic heterocycles. The summed E-state index contributed by atoms with van der Waals surface area (Å²) in [6, 6.07) is 8.59. The lowest BCUT2D eigenvalue weighted by molar-refractivity contribution is -0.132. The van der Waals surface area contributed by atoms with Crippen molar-refractivity contribution in [2.75, 3.05) is 26.2 Å². The van der Waals surface area contributed by atoms with E-state index in [4.69, 9.17) is 4.74 Å². The summed E-state index contributed by atoms with van der Waals surface area (Å²) in [4.78, 5) is 26.0. The summed E-state index contributed by atoms with van der Waals surface area (Å²) < 4.78 is 5.76. The first-order valence-electron chi connectivity index (χ1n) is 9.55. The number of ether oxygens (including phenoxy) is 1. The molecule has 1 aromatic rings. The van der Waals surface area contributed by atoms with Crippen LogP contribution < -0.4 is 5.32 Å². The molecule has 1 heterocycles. The van der Waals surface area contributed by atoms with Crippen LogP contribution in [0.4, 0.5) is 0 Å². The third-order valence-electron chi connectivity index (χ3n) is 5.36. The number of hydrogen-bond acceptors (Lipinski definition) is 3. The van der Waals surface area contributed by atoms with Crippen LogP contribution in [0.2, 0.25) is 0 Å². The van der Waals surface area contributed by atoms with E-state index in [0.717, 1.165) is 32.2 Å². The second-order valence-corrected chi connectivity index (χ2v) is 7.11. The Labute approximate surface area is 155 Å². The molecule has 1 fully saturated rings. The highest BCUT2D eigenvalue weighted by Gasteiger charge is 2.26. The SMILES string of the molecule is C=CC(=O)NCC1CN(C(=O)CCC2CCc3ccccc32)CCCO1. The molecule has 2 amide bonds. The highest BCUT2D eigenvalue weighted by Crippen LogP contribution is 2.36. The van der Waals surface area contributed by atoms with Crippen LogP contribution in [-0.2, 0) is 20.7 Å². The molecule has 1 N–H and O–H groups in total. The number of benzene rings is 1. The standard InChI is InChI=1S/C21H28N2O3/c1-2-20(24)22-14-18-15-23(12-5-13-26-18)21(25)11-10-17-9-8-16-6-3-4-7-19(16)17/h2-4,6-7,17-18H,1,5,8-15H2,(H,22,24). The van der Waals surface area contributed by atoms with E-state index in [1.54, 1.807) is 0 Å². The number of nitrogens with one attached hydrogen (secondary N) is 1. The topological polar surface area (TPSA) is 58.6 Å². The van der Waals surface area contributed by atoms with Crippen LogP contribution >= 0.6 is 0 Å². The molecule has 1 aromatic carbocycles. The van der Waals surface area contributed by atoms with E-state index in [1.807, 2.05) is 4.90 Å². The molecule has 5 nitrogen and oxygen atoms in total. The van der Waals surface area contributed by atoms with Gasteiger partial charge in [0.15, 0.2) is 0 Å². The van der Waals surface area contributed by atoms with Gasteiger partial charge in [0.1, 0.15) is 0 Å².